The second-order valence-corrected chi connectivity index (χ2v) is 9.42. The van der Waals surface area contributed by atoms with Crippen molar-refractivity contribution in [3.8, 4) is 5.69 Å². The summed E-state index contributed by atoms with van der Waals surface area (Å²) in [5, 5.41) is 12.2. The van der Waals surface area contributed by atoms with Gasteiger partial charge in [-0.15, -0.1) is 0 Å². The summed E-state index contributed by atoms with van der Waals surface area (Å²) in [6.45, 7) is 0. The summed E-state index contributed by atoms with van der Waals surface area (Å²) in [5.41, 5.74) is 9.63. The maximum absolute atomic E-state index is 8.75. The number of fused-ring (bicyclic) bond motifs is 5. The van der Waals surface area contributed by atoms with Gasteiger partial charge in [0.05, 0.1) is 16.6 Å². The lowest BCUT2D eigenvalue weighted by Crippen LogP contribution is -2.25. The van der Waals surface area contributed by atoms with Crippen molar-refractivity contribution in [3.05, 3.63) is 151 Å². The smallest absolute Gasteiger partial charge is 0.154 e. The van der Waals surface area contributed by atoms with Crippen LogP contribution >= 0.6 is 0 Å². The lowest BCUT2D eigenvalue weighted by Gasteiger charge is -2.15. The normalized spacial score (nSPS) is 11.8. The molecule has 186 valence electrons. The Kier molecular flexibility index (Phi) is 5.52. The highest BCUT2D eigenvalue weighted by Crippen LogP contribution is 2.35. The Morgan fingerprint density at radius 2 is 1.21 bits per heavy atom. The molecule has 5 nitrogen and oxygen atoms in total. The summed E-state index contributed by atoms with van der Waals surface area (Å²) >= 11 is 0. The highest BCUT2D eigenvalue weighted by molar-refractivity contribution is 6.20. The first-order valence-electron chi connectivity index (χ1n) is 12.9. The fourth-order valence-electron chi connectivity index (χ4n) is 5.23. The van der Waals surface area contributed by atoms with Crippen molar-refractivity contribution in [2.75, 3.05) is 5.43 Å². The van der Waals surface area contributed by atoms with Crippen LogP contribution in [0.1, 0.15) is 11.1 Å². The molecule has 0 aliphatic rings. The van der Waals surface area contributed by atoms with Gasteiger partial charge in [-0.05, 0) is 30.3 Å². The van der Waals surface area contributed by atoms with Crippen LogP contribution in [-0.4, -0.2) is 20.9 Å². The molecule has 0 atom stereocenters. The molecule has 2 N–H and O–H groups in total. The van der Waals surface area contributed by atoms with E-state index in [9.17, 15) is 0 Å². The van der Waals surface area contributed by atoms with Crippen molar-refractivity contribution in [1.29, 1.82) is 5.41 Å². The van der Waals surface area contributed by atoms with E-state index < -0.39 is 0 Å². The van der Waals surface area contributed by atoms with Gasteiger partial charge in [0.2, 0.25) is 0 Å². The maximum atomic E-state index is 8.75. The Bertz CT molecular complexity index is 1980. The zero-order valence-electron chi connectivity index (χ0n) is 21.1. The van der Waals surface area contributed by atoms with Crippen molar-refractivity contribution in [3.63, 3.8) is 0 Å². The van der Waals surface area contributed by atoms with Gasteiger partial charge >= 0.3 is 0 Å². The molecule has 0 bridgehead atoms. The van der Waals surface area contributed by atoms with Crippen LogP contribution in [0, 0.1) is 5.41 Å². The molecular weight excluding hydrogens is 478 g/mol. The SMILES string of the molecule is N=C(N=C(Nn1c2ccccc2c2ccc3c(ccn3-c3ccccc3)c21)c1ccccc1)c1ccccc1. The third-order valence-electron chi connectivity index (χ3n) is 7.07. The molecule has 5 aromatic carbocycles. The highest BCUT2D eigenvalue weighted by atomic mass is 15.4. The van der Waals surface area contributed by atoms with Gasteiger partial charge < -0.3 is 4.57 Å². The van der Waals surface area contributed by atoms with E-state index in [2.05, 4.69) is 87.6 Å². The molecule has 0 spiro atoms. The quantitative estimate of drug-likeness (QED) is 0.187. The number of aromatic nitrogens is 2. The molecule has 5 heteroatoms. The van der Waals surface area contributed by atoms with Crippen molar-refractivity contribution >= 4 is 44.4 Å². The van der Waals surface area contributed by atoms with Gasteiger partial charge in [-0.1, -0.05) is 103 Å². The predicted molar refractivity (Wildman–Crippen MR) is 162 cm³/mol. The summed E-state index contributed by atoms with van der Waals surface area (Å²) in [6, 6.07) is 45.0. The van der Waals surface area contributed by atoms with Gasteiger partial charge in [0.15, 0.2) is 11.7 Å². The molecule has 0 unspecified atom stereocenters. The molecule has 7 rings (SSSR count). The zero-order valence-corrected chi connectivity index (χ0v) is 21.1. The number of amidine groups is 2. The van der Waals surface area contributed by atoms with E-state index in [-0.39, 0.29) is 5.84 Å². The average Bonchev–Trinajstić information content (AvgIpc) is 3.58. The highest BCUT2D eigenvalue weighted by Gasteiger charge is 2.17. The van der Waals surface area contributed by atoms with Gasteiger partial charge in [-0.3, -0.25) is 15.5 Å². The van der Waals surface area contributed by atoms with Gasteiger partial charge in [-0.25, -0.2) is 4.99 Å². The fourth-order valence-corrected chi connectivity index (χ4v) is 5.23. The minimum absolute atomic E-state index is 0.197. The molecule has 0 saturated heterocycles. The number of rotatable bonds is 4. The van der Waals surface area contributed by atoms with E-state index in [0.29, 0.717) is 5.84 Å². The van der Waals surface area contributed by atoms with Crippen molar-refractivity contribution < 1.29 is 0 Å². The van der Waals surface area contributed by atoms with Crippen LogP contribution in [0.25, 0.3) is 38.4 Å². The first kappa shape index (κ1) is 22.8. The monoisotopic (exact) mass is 503 g/mol. The van der Waals surface area contributed by atoms with E-state index in [1.807, 2.05) is 66.7 Å². The molecule has 0 fully saturated rings. The predicted octanol–water partition coefficient (Wildman–Crippen LogP) is 7.75. The average molecular weight is 504 g/mol. The second-order valence-electron chi connectivity index (χ2n) is 9.42. The van der Waals surface area contributed by atoms with Crippen LogP contribution in [0.5, 0.6) is 0 Å². The summed E-state index contributed by atoms with van der Waals surface area (Å²) in [4.78, 5) is 4.80. The van der Waals surface area contributed by atoms with Crippen LogP contribution in [-0.2, 0) is 0 Å². The summed E-state index contributed by atoms with van der Waals surface area (Å²) in [5.74, 6) is 0.801. The van der Waals surface area contributed by atoms with Gasteiger partial charge in [-0.2, -0.15) is 0 Å². The molecule has 0 aliphatic carbocycles. The molecule has 7 aromatic rings. The molecule has 2 heterocycles. The maximum Gasteiger partial charge on any atom is 0.154 e. The van der Waals surface area contributed by atoms with Crippen LogP contribution in [0.2, 0.25) is 0 Å². The van der Waals surface area contributed by atoms with Gasteiger partial charge in [0.25, 0.3) is 0 Å². The molecule has 0 amide bonds. The second kappa shape index (κ2) is 9.47. The summed E-state index contributed by atoms with van der Waals surface area (Å²) < 4.78 is 4.33. The lowest BCUT2D eigenvalue weighted by molar-refractivity contribution is 1.08. The van der Waals surface area contributed by atoms with E-state index in [4.69, 9.17) is 10.4 Å². The fraction of sp³-hybridized carbons (Fsp3) is 0. The van der Waals surface area contributed by atoms with Crippen LogP contribution in [0.4, 0.5) is 0 Å². The van der Waals surface area contributed by atoms with E-state index in [0.717, 1.165) is 49.5 Å². The van der Waals surface area contributed by atoms with Crippen molar-refractivity contribution in [2.45, 2.75) is 0 Å². The standard InChI is InChI=1S/C34H25N5/c35-33(24-12-4-1-5-13-24)36-34(25-14-6-2-7-15-25)37-39-31-19-11-10-18-27(31)28-20-21-30-29(32(28)39)22-23-38(30)26-16-8-3-9-17-26/h1-23H,(H2,35,36,37). The Morgan fingerprint density at radius 1 is 0.564 bits per heavy atom. The molecule has 0 aliphatic heterocycles. The van der Waals surface area contributed by atoms with Crippen molar-refractivity contribution in [2.24, 2.45) is 4.99 Å². The zero-order chi connectivity index (χ0) is 26.2. The Morgan fingerprint density at radius 3 is 1.95 bits per heavy atom. The number of para-hydroxylation sites is 2. The number of nitrogens with one attached hydrogen (secondary N) is 2. The molecule has 39 heavy (non-hydrogen) atoms. The number of nitrogens with zero attached hydrogens (tertiary/aromatic N) is 3. The van der Waals surface area contributed by atoms with E-state index in [1.165, 1.54) is 0 Å². The Balaban J connectivity index is 1.46. The van der Waals surface area contributed by atoms with Crippen molar-refractivity contribution in [1.82, 2.24) is 9.24 Å². The molecule has 0 saturated carbocycles. The molecular formula is C34H25N5. The number of aliphatic imine (C=N–C) groups is 1. The van der Waals surface area contributed by atoms with E-state index in [1.54, 1.807) is 0 Å². The molecule has 0 radical (unpaired) electrons. The third kappa shape index (κ3) is 3.97. The van der Waals surface area contributed by atoms with Crippen LogP contribution < -0.4 is 5.43 Å². The minimum Gasteiger partial charge on any atom is -0.316 e. The number of hydrogen-bond donors (Lipinski definition) is 2. The first-order chi connectivity index (χ1) is 19.3. The van der Waals surface area contributed by atoms with Gasteiger partial charge in [0.1, 0.15) is 0 Å². The summed E-state index contributed by atoms with van der Waals surface area (Å²) in [6.07, 6.45) is 2.12. The molecule has 2 aromatic heterocycles. The summed E-state index contributed by atoms with van der Waals surface area (Å²) in [7, 11) is 0. The number of hydrogen-bond acceptors (Lipinski definition) is 1. The number of benzene rings is 5. The van der Waals surface area contributed by atoms with E-state index >= 15 is 0 Å². The van der Waals surface area contributed by atoms with Crippen LogP contribution in [0.15, 0.2) is 145 Å². The van der Waals surface area contributed by atoms with Crippen LogP contribution in [0.3, 0.4) is 0 Å². The Labute approximate surface area is 225 Å². The third-order valence-corrected chi connectivity index (χ3v) is 7.07. The van der Waals surface area contributed by atoms with Gasteiger partial charge in [0, 0.05) is 39.2 Å². The minimum atomic E-state index is 0.197. The first-order valence-corrected chi connectivity index (χ1v) is 12.9. The largest absolute Gasteiger partial charge is 0.316 e. The Hall–Kier alpha value is -5.42. The lowest BCUT2D eigenvalue weighted by atomic mass is 10.1. The topological polar surface area (TPSA) is 58.1 Å².